The van der Waals surface area contributed by atoms with Crippen molar-refractivity contribution in [1.82, 2.24) is 10.2 Å². The predicted octanol–water partition coefficient (Wildman–Crippen LogP) is 4.71. The lowest BCUT2D eigenvalue weighted by Crippen LogP contribution is -2.34. The smallest absolute Gasteiger partial charge is 0.291 e. The summed E-state index contributed by atoms with van der Waals surface area (Å²) in [6.45, 7) is 0.554. The number of benzene rings is 2. The zero-order chi connectivity index (χ0) is 22.5. The summed E-state index contributed by atoms with van der Waals surface area (Å²) in [6, 6.07) is 20.7. The fourth-order valence-corrected chi connectivity index (χ4v) is 4.39. The van der Waals surface area contributed by atoms with E-state index < -0.39 is 0 Å². The molecule has 0 bridgehead atoms. The van der Waals surface area contributed by atoms with E-state index in [4.69, 9.17) is 4.42 Å². The minimum absolute atomic E-state index is 0.0348. The second-order valence-corrected chi connectivity index (χ2v) is 8.75. The van der Waals surface area contributed by atoms with Gasteiger partial charge in [-0.2, -0.15) is 0 Å². The van der Waals surface area contributed by atoms with Gasteiger partial charge >= 0.3 is 0 Å². The maximum atomic E-state index is 12.5. The molecule has 0 spiro atoms. The SMILES string of the molecule is CN(C)C(CNC(=O)Cc1ccc(NC(=O)c2cc3ccccc3o2)cc1)c1cccs1. The highest BCUT2D eigenvalue weighted by Crippen LogP contribution is 2.23. The Morgan fingerprint density at radius 1 is 1.03 bits per heavy atom. The van der Waals surface area contributed by atoms with Crippen molar-refractivity contribution in [3.05, 3.63) is 88.3 Å². The number of carbonyl (C=O) groups excluding carboxylic acids is 2. The minimum atomic E-state index is -0.310. The standard InChI is InChI=1S/C25H25N3O3S/c1-28(2)20(23-8-5-13-32-23)16-26-24(29)14-17-9-11-19(12-10-17)27-25(30)22-15-18-6-3-4-7-21(18)31-22/h3-13,15,20H,14,16H2,1-2H3,(H,26,29)(H,27,30). The first kappa shape index (κ1) is 21.8. The largest absolute Gasteiger partial charge is 0.451 e. The van der Waals surface area contributed by atoms with E-state index in [0.717, 1.165) is 10.9 Å². The van der Waals surface area contributed by atoms with E-state index >= 15 is 0 Å². The van der Waals surface area contributed by atoms with Crippen molar-refractivity contribution in [3.63, 3.8) is 0 Å². The van der Waals surface area contributed by atoms with E-state index in [2.05, 4.69) is 21.6 Å². The third kappa shape index (κ3) is 5.25. The fourth-order valence-electron chi connectivity index (χ4n) is 3.47. The molecule has 164 valence electrons. The number of hydrogen-bond acceptors (Lipinski definition) is 5. The molecule has 2 N–H and O–H groups in total. The van der Waals surface area contributed by atoms with Crippen molar-refractivity contribution in [1.29, 1.82) is 0 Å². The summed E-state index contributed by atoms with van der Waals surface area (Å²) in [5.41, 5.74) is 2.20. The number of likely N-dealkylation sites (N-methyl/N-ethyl adjacent to an activating group) is 1. The van der Waals surface area contributed by atoms with Gasteiger partial charge in [0.15, 0.2) is 5.76 Å². The third-order valence-electron chi connectivity index (χ3n) is 5.21. The normalized spacial score (nSPS) is 12.1. The molecule has 0 aliphatic heterocycles. The molecule has 1 atom stereocenters. The Morgan fingerprint density at radius 3 is 2.50 bits per heavy atom. The highest BCUT2D eigenvalue weighted by atomic mass is 32.1. The summed E-state index contributed by atoms with van der Waals surface area (Å²) in [5, 5.41) is 8.78. The van der Waals surface area contributed by atoms with Crippen molar-refractivity contribution in [2.45, 2.75) is 12.5 Å². The molecule has 7 heteroatoms. The third-order valence-corrected chi connectivity index (χ3v) is 6.19. The van der Waals surface area contributed by atoms with Crippen LogP contribution in [0.3, 0.4) is 0 Å². The number of thiophene rings is 1. The zero-order valence-electron chi connectivity index (χ0n) is 18.0. The van der Waals surface area contributed by atoms with Gasteiger partial charge in [0.05, 0.1) is 12.5 Å². The van der Waals surface area contributed by atoms with Crippen LogP contribution in [0, 0.1) is 0 Å². The van der Waals surface area contributed by atoms with E-state index in [-0.39, 0.29) is 30.0 Å². The van der Waals surface area contributed by atoms with Gasteiger partial charge in [-0.25, -0.2) is 0 Å². The van der Waals surface area contributed by atoms with Crippen LogP contribution in [0.4, 0.5) is 5.69 Å². The van der Waals surface area contributed by atoms with Gasteiger partial charge in [0, 0.05) is 22.5 Å². The topological polar surface area (TPSA) is 74.6 Å². The predicted molar refractivity (Wildman–Crippen MR) is 128 cm³/mol. The molecule has 0 saturated heterocycles. The Labute approximate surface area is 190 Å². The van der Waals surface area contributed by atoms with Gasteiger partial charge in [-0.05, 0) is 55.4 Å². The molecule has 2 amide bonds. The molecule has 32 heavy (non-hydrogen) atoms. The van der Waals surface area contributed by atoms with E-state index in [1.807, 2.05) is 61.9 Å². The average molecular weight is 448 g/mol. The number of hydrogen-bond donors (Lipinski definition) is 2. The molecule has 0 aliphatic rings. The average Bonchev–Trinajstić information content (AvgIpc) is 3.45. The van der Waals surface area contributed by atoms with Gasteiger partial charge in [-0.1, -0.05) is 36.4 Å². The summed E-state index contributed by atoms with van der Waals surface area (Å²) in [7, 11) is 4.02. The van der Waals surface area contributed by atoms with Crippen molar-refractivity contribution in [2.75, 3.05) is 26.0 Å². The zero-order valence-corrected chi connectivity index (χ0v) is 18.8. The van der Waals surface area contributed by atoms with Crippen LogP contribution in [0.2, 0.25) is 0 Å². The summed E-state index contributed by atoms with van der Waals surface area (Å²) < 4.78 is 5.60. The van der Waals surface area contributed by atoms with Crippen LogP contribution in [0.25, 0.3) is 11.0 Å². The van der Waals surface area contributed by atoms with Gasteiger partial charge in [0.1, 0.15) is 5.58 Å². The molecule has 2 aromatic carbocycles. The molecular weight excluding hydrogens is 422 g/mol. The molecule has 4 aromatic rings. The number of nitrogens with zero attached hydrogens (tertiary/aromatic N) is 1. The van der Waals surface area contributed by atoms with E-state index in [9.17, 15) is 9.59 Å². The maximum absolute atomic E-state index is 12.5. The van der Waals surface area contributed by atoms with Crippen LogP contribution in [0.5, 0.6) is 0 Å². The highest BCUT2D eigenvalue weighted by Gasteiger charge is 2.16. The Balaban J connectivity index is 1.31. The molecule has 0 radical (unpaired) electrons. The molecule has 0 fully saturated rings. The number of anilines is 1. The van der Waals surface area contributed by atoms with Crippen molar-refractivity contribution in [3.8, 4) is 0 Å². The summed E-state index contributed by atoms with van der Waals surface area (Å²) in [6.07, 6.45) is 0.280. The lowest BCUT2D eigenvalue weighted by atomic mass is 10.1. The number of fused-ring (bicyclic) bond motifs is 1. The van der Waals surface area contributed by atoms with Crippen LogP contribution in [-0.4, -0.2) is 37.4 Å². The number of para-hydroxylation sites is 1. The second-order valence-electron chi connectivity index (χ2n) is 7.78. The number of rotatable bonds is 8. The van der Waals surface area contributed by atoms with Crippen LogP contribution >= 0.6 is 11.3 Å². The summed E-state index contributed by atoms with van der Waals surface area (Å²) in [5.74, 6) is -0.0849. The van der Waals surface area contributed by atoms with Crippen LogP contribution in [0.1, 0.15) is 27.0 Å². The highest BCUT2D eigenvalue weighted by molar-refractivity contribution is 7.10. The van der Waals surface area contributed by atoms with Crippen molar-refractivity contribution < 1.29 is 14.0 Å². The van der Waals surface area contributed by atoms with E-state index in [0.29, 0.717) is 17.8 Å². The van der Waals surface area contributed by atoms with E-state index in [1.54, 1.807) is 29.5 Å². The lowest BCUT2D eigenvalue weighted by molar-refractivity contribution is -0.120. The van der Waals surface area contributed by atoms with Gasteiger partial charge in [-0.15, -0.1) is 11.3 Å². The summed E-state index contributed by atoms with van der Waals surface area (Å²) in [4.78, 5) is 28.2. The lowest BCUT2D eigenvalue weighted by Gasteiger charge is -2.23. The number of carbonyl (C=O) groups is 2. The van der Waals surface area contributed by atoms with Crippen molar-refractivity contribution in [2.24, 2.45) is 0 Å². The quantitative estimate of drug-likeness (QED) is 0.410. The van der Waals surface area contributed by atoms with Crippen molar-refractivity contribution >= 4 is 39.8 Å². The number of furan rings is 1. The Kier molecular flexibility index (Phi) is 6.68. The molecule has 2 aromatic heterocycles. The first-order valence-corrected chi connectivity index (χ1v) is 11.2. The molecule has 1 unspecified atom stereocenters. The van der Waals surface area contributed by atoms with Gasteiger partial charge in [-0.3, -0.25) is 9.59 Å². The van der Waals surface area contributed by atoms with Crippen LogP contribution in [0.15, 0.2) is 76.5 Å². The molecule has 2 heterocycles. The molecule has 0 aliphatic carbocycles. The van der Waals surface area contributed by atoms with Crippen LogP contribution in [-0.2, 0) is 11.2 Å². The van der Waals surface area contributed by atoms with Crippen LogP contribution < -0.4 is 10.6 Å². The second kappa shape index (κ2) is 9.80. The number of amides is 2. The Bertz CT molecular complexity index is 1160. The van der Waals surface area contributed by atoms with Gasteiger partial charge in [0.2, 0.25) is 5.91 Å². The molecule has 0 saturated carbocycles. The fraction of sp³-hybridized carbons (Fsp3) is 0.200. The summed E-state index contributed by atoms with van der Waals surface area (Å²) >= 11 is 1.69. The first-order chi connectivity index (χ1) is 15.5. The Morgan fingerprint density at radius 2 is 1.81 bits per heavy atom. The monoisotopic (exact) mass is 447 g/mol. The van der Waals surface area contributed by atoms with Gasteiger partial charge in [0.25, 0.3) is 5.91 Å². The molecule has 6 nitrogen and oxygen atoms in total. The molecular formula is C25H25N3O3S. The first-order valence-electron chi connectivity index (χ1n) is 10.3. The number of nitrogens with one attached hydrogen (secondary N) is 2. The Hall–Kier alpha value is -3.42. The maximum Gasteiger partial charge on any atom is 0.291 e. The van der Waals surface area contributed by atoms with Gasteiger partial charge < -0.3 is 20.0 Å². The van der Waals surface area contributed by atoms with E-state index in [1.165, 1.54) is 4.88 Å². The molecule has 4 rings (SSSR count). The minimum Gasteiger partial charge on any atom is -0.451 e.